The number of halogens is 4. The molecule has 2 aliphatic carbocycles. The number of rotatable bonds is 8. The SMILES string of the molecule is N#C[C@]1(C(=O)C2CC3(CC3)[C@H](NS(=O)(=O)C(F)F)[C@@H]2Cc2cccc(-c3cccc(F)c3)c2F)CCO1. The van der Waals surface area contributed by atoms with E-state index in [1.165, 1.54) is 36.4 Å². The molecular formula is C26H24F4N2O4S. The second-order valence-corrected chi connectivity index (χ2v) is 11.8. The first-order valence-corrected chi connectivity index (χ1v) is 13.5. The summed E-state index contributed by atoms with van der Waals surface area (Å²) in [5, 5.41) is 9.65. The van der Waals surface area contributed by atoms with Crippen LogP contribution in [0.2, 0.25) is 0 Å². The highest BCUT2D eigenvalue weighted by Gasteiger charge is 2.65. The van der Waals surface area contributed by atoms with Crippen molar-refractivity contribution >= 4 is 15.8 Å². The number of hydrogen-bond acceptors (Lipinski definition) is 5. The summed E-state index contributed by atoms with van der Waals surface area (Å²) in [5.41, 5.74) is -1.87. The minimum Gasteiger partial charge on any atom is -0.353 e. The van der Waals surface area contributed by atoms with Gasteiger partial charge in [0, 0.05) is 23.9 Å². The highest BCUT2D eigenvalue weighted by Crippen LogP contribution is 2.63. The standard InChI is InChI=1S/C26H24F4N2O4S/c27-17-5-1-3-15(11-17)18-6-2-4-16(21(18)28)12-19-20(23(33)26(14-31)9-10-36-26)13-25(7-8-25)22(19)32-37(34,35)24(29)30/h1-6,11,19-20,22,24,32H,7-10,12-13H2/t19-,20?,22-,26+/m1/s1. The number of carbonyl (C=O) groups is 1. The molecule has 196 valence electrons. The van der Waals surface area contributed by atoms with Crippen molar-refractivity contribution in [1.82, 2.24) is 4.72 Å². The molecule has 11 heteroatoms. The molecule has 0 radical (unpaired) electrons. The second-order valence-electron chi connectivity index (χ2n) is 10.1. The van der Waals surface area contributed by atoms with Gasteiger partial charge in [-0.05, 0) is 60.3 Å². The molecule has 6 nitrogen and oxygen atoms in total. The van der Waals surface area contributed by atoms with Crippen LogP contribution in [0.25, 0.3) is 11.1 Å². The molecule has 1 N–H and O–H groups in total. The van der Waals surface area contributed by atoms with Crippen LogP contribution in [0.4, 0.5) is 17.6 Å². The number of nitrogens with one attached hydrogen (secondary N) is 1. The summed E-state index contributed by atoms with van der Waals surface area (Å²) in [6.45, 7) is 0.216. The Bertz CT molecular complexity index is 1380. The van der Waals surface area contributed by atoms with Gasteiger partial charge in [0.1, 0.15) is 17.7 Å². The van der Waals surface area contributed by atoms with E-state index in [1.807, 2.05) is 6.07 Å². The van der Waals surface area contributed by atoms with Gasteiger partial charge >= 0.3 is 5.76 Å². The van der Waals surface area contributed by atoms with Crippen molar-refractivity contribution < 1.29 is 35.5 Å². The van der Waals surface area contributed by atoms with Crippen molar-refractivity contribution in [2.75, 3.05) is 6.61 Å². The number of nitrogens with zero attached hydrogens (tertiary/aromatic N) is 1. The minimum absolute atomic E-state index is 0.111. The molecule has 1 aliphatic heterocycles. The highest BCUT2D eigenvalue weighted by atomic mass is 32.2. The van der Waals surface area contributed by atoms with Crippen LogP contribution in [0.5, 0.6) is 0 Å². The van der Waals surface area contributed by atoms with Gasteiger partial charge in [-0.1, -0.05) is 30.3 Å². The quantitative estimate of drug-likeness (QED) is 0.506. The fourth-order valence-corrected chi connectivity index (χ4v) is 6.76. The van der Waals surface area contributed by atoms with Crippen molar-refractivity contribution in [3.63, 3.8) is 0 Å². The van der Waals surface area contributed by atoms with Gasteiger partial charge < -0.3 is 4.74 Å². The lowest BCUT2D eigenvalue weighted by Crippen LogP contribution is -2.54. The van der Waals surface area contributed by atoms with Crippen LogP contribution in [-0.2, 0) is 26.0 Å². The van der Waals surface area contributed by atoms with Gasteiger partial charge in [-0.15, -0.1) is 0 Å². The van der Waals surface area contributed by atoms with E-state index in [2.05, 4.69) is 4.72 Å². The van der Waals surface area contributed by atoms with Crippen LogP contribution in [0.3, 0.4) is 0 Å². The van der Waals surface area contributed by atoms with Gasteiger partial charge in [0.2, 0.25) is 5.60 Å². The number of carbonyl (C=O) groups excluding carboxylic acids is 1. The topological polar surface area (TPSA) is 96.3 Å². The molecule has 2 aromatic rings. The zero-order chi connectivity index (χ0) is 26.6. The van der Waals surface area contributed by atoms with E-state index in [0.717, 1.165) is 0 Å². The van der Waals surface area contributed by atoms with Crippen molar-refractivity contribution in [3.8, 4) is 17.2 Å². The lowest BCUT2D eigenvalue weighted by Gasteiger charge is -2.37. The van der Waals surface area contributed by atoms with Crippen molar-refractivity contribution in [2.24, 2.45) is 17.3 Å². The molecule has 1 saturated heterocycles. The first-order chi connectivity index (χ1) is 17.5. The average molecular weight is 537 g/mol. The molecule has 3 aliphatic rings. The predicted octanol–water partition coefficient (Wildman–Crippen LogP) is 4.35. The van der Waals surface area contributed by atoms with E-state index in [4.69, 9.17) is 4.74 Å². The number of ether oxygens (including phenoxy) is 1. The van der Waals surface area contributed by atoms with E-state index in [1.54, 1.807) is 6.07 Å². The number of sulfonamides is 1. The number of benzene rings is 2. The minimum atomic E-state index is -5.01. The molecule has 5 rings (SSSR count). The third kappa shape index (κ3) is 4.45. The Kier molecular flexibility index (Phi) is 6.41. The maximum Gasteiger partial charge on any atom is 0.350 e. The number of nitriles is 1. The molecular weight excluding hydrogens is 512 g/mol. The maximum atomic E-state index is 15.7. The van der Waals surface area contributed by atoms with E-state index < -0.39 is 62.1 Å². The molecule has 4 atom stereocenters. The summed E-state index contributed by atoms with van der Waals surface area (Å²) >= 11 is 0. The Morgan fingerprint density at radius 3 is 2.43 bits per heavy atom. The number of hydrogen-bond donors (Lipinski definition) is 1. The Morgan fingerprint density at radius 1 is 1.16 bits per heavy atom. The van der Waals surface area contributed by atoms with Crippen LogP contribution < -0.4 is 4.72 Å². The van der Waals surface area contributed by atoms with Gasteiger partial charge in [-0.2, -0.15) is 14.0 Å². The summed E-state index contributed by atoms with van der Waals surface area (Å²) in [6, 6.07) is 10.7. The van der Waals surface area contributed by atoms with Gasteiger partial charge in [0.15, 0.2) is 5.78 Å². The molecule has 0 bridgehead atoms. The fraction of sp³-hybridized carbons (Fsp3) is 0.462. The summed E-state index contributed by atoms with van der Waals surface area (Å²) in [4.78, 5) is 13.5. The van der Waals surface area contributed by atoms with Gasteiger partial charge in [0.25, 0.3) is 10.0 Å². The molecule has 2 saturated carbocycles. The van der Waals surface area contributed by atoms with E-state index in [-0.39, 0.29) is 37.0 Å². The van der Waals surface area contributed by atoms with Crippen LogP contribution in [0, 0.1) is 40.2 Å². The summed E-state index contributed by atoms with van der Waals surface area (Å²) in [5.74, 6) is -7.23. The third-order valence-corrected chi connectivity index (χ3v) is 9.09. The fourth-order valence-electron chi connectivity index (χ4n) is 5.88. The zero-order valence-electron chi connectivity index (χ0n) is 19.6. The zero-order valence-corrected chi connectivity index (χ0v) is 20.4. The van der Waals surface area contributed by atoms with Crippen molar-refractivity contribution in [3.05, 3.63) is 59.7 Å². The van der Waals surface area contributed by atoms with Crippen molar-refractivity contribution in [1.29, 1.82) is 5.26 Å². The van der Waals surface area contributed by atoms with E-state index >= 15 is 4.39 Å². The molecule has 37 heavy (non-hydrogen) atoms. The second kappa shape index (κ2) is 9.19. The van der Waals surface area contributed by atoms with Crippen LogP contribution in [0.1, 0.15) is 31.2 Å². The average Bonchev–Trinajstić information content (AvgIpc) is 3.55. The molecule has 3 fully saturated rings. The number of alkyl halides is 2. The first-order valence-electron chi connectivity index (χ1n) is 11.9. The van der Waals surface area contributed by atoms with E-state index in [0.29, 0.717) is 18.4 Å². The van der Waals surface area contributed by atoms with Gasteiger partial charge in [-0.3, -0.25) is 4.79 Å². The molecule has 0 amide bonds. The normalized spacial score (nSPS) is 28.2. The van der Waals surface area contributed by atoms with Crippen LogP contribution >= 0.6 is 0 Å². The lowest BCUT2D eigenvalue weighted by molar-refractivity contribution is -0.163. The molecule has 1 heterocycles. The lowest BCUT2D eigenvalue weighted by atomic mass is 9.77. The molecule has 0 aromatic heterocycles. The number of Topliss-reactive ketones (excluding diaryl/α,β-unsaturated/α-hetero) is 1. The maximum absolute atomic E-state index is 15.7. The molecule has 2 aromatic carbocycles. The Hall–Kier alpha value is -2.81. The van der Waals surface area contributed by atoms with Crippen molar-refractivity contribution in [2.45, 2.75) is 49.5 Å². The Balaban J connectivity index is 1.55. The molecule has 1 unspecified atom stereocenters. The van der Waals surface area contributed by atoms with Gasteiger partial charge in [0.05, 0.1) is 6.61 Å². The first kappa shape index (κ1) is 25.8. The third-order valence-electron chi connectivity index (χ3n) is 8.04. The summed E-state index contributed by atoms with van der Waals surface area (Å²) in [7, 11) is -5.01. The highest BCUT2D eigenvalue weighted by molar-refractivity contribution is 7.89. The largest absolute Gasteiger partial charge is 0.353 e. The summed E-state index contributed by atoms with van der Waals surface area (Å²) in [6.07, 6.45) is 1.23. The molecule has 1 spiro atoms. The number of ketones is 1. The Morgan fingerprint density at radius 2 is 1.86 bits per heavy atom. The van der Waals surface area contributed by atoms with Crippen LogP contribution in [0.15, 0.2) is 42.5 Å². The smallest absolute Gasteiger partial charge is 0.350 e. The van der Waals surface area contributed by atoms with Crippen LogP contribution in [-0.4, -0.2) is 38.2 Å². The van der Waals surface area contributed by atoms with Gasteiger partial charge in [-0.25, -0.2) is 21.9 Å². The Labute approximate surface area is 211 Å². The monoisotopic (exact) mass is 536 g/mol. The predicted molar refractivity (Wildman–Crippen MR) is 125 cm³/mol. The van der Waals surface area contributed by atoms with E-state index in [9.17, 15) is 31.6 Å². The summed E-state index contributed by atoms with van der Waals surface area (Å²) < 4.78 is 88.0.